The van der Waals surface area contributed by atoms with Crippen molar-refractivity contribution in [3.05, 3.63) is 39.8 Å². The number of rotatable bonds is 7. The predicted molar refractivity (Wildman–Crippen MR) is 96.0 cm³/mol. The highest BCUT2D eigenvalue weighted by atomic mass is 35.5. The molecule has 0 unspecified atom stereocenters. The number of nitrogens with one attached hydrogen (secondary N) is 1. The number of amides is 1. The van der Waals surface area contributed by atoms with Crippen molar-refractivity contribution >= 4 is 44.6 Å². The average molecular weight is 388 g/mol. The van der Waals surface area contributed by atoms with Crippen LogP contribution < -0.4 is 5.32 Å². The van der Waals surface area contributed by atoms with Gasteiger partial charge >= 0.3 is 0 Å². The van der Waals surface area contributed by atoms with E-state index >= 15 is 0 Å². The Labute approximate surface area is 150 Å². The first-order valence-corrected chi connectivity index (χ1v) is 10.1. The summed E-state index contributed by atoms with van der Waals surface area (Å²) in [6.07, 6.45) is 0.104. The van der Waals surface area contributed by atoms with Gasteiger partial charge in [0.2, 0.25) is 15.9 Å². The summed E-state index contributed by atoms with van der Waals surface area (Å²) in [6, 6.07) is 4.29. The maximum atomic E-state index is 12.6. The molecular weight excluding hydrogens is 370 g/mol. The number of anilines is 1. The van der Waals surface area contributed by atoms with Gasteiger partial charge in [0.25, 0.3) is 0 Å². The molecule has 1 N–H and O–H groups in total. The van der Waals surface area contributed by atoms with Crippen molar-refractivity contribution in [3.8, 4) is 0 Å². The molecule has 0 saturated carbocycles. The zero-order chi connectivity index (χ0) is 17.7. The third kappa shape index (κ3) is 4.32. The fourth-order valence-corrected chi connectivity index (χ4v) is 4.36. The summed E-state index contributed by atoms with van der Waals surface area (Å²) in [7, 11) is -3.61. The van der Waals surface area contributed by atoms with Crippen LogP contribution in [0.15, 0.2) is 34.0 Å². The minimum Gasteiger partial charge on any atom is -0.324 e. The van der Waals surface area contributed by atoms with Gasteiger partial charge in [-0.2, -0.15) is 4.31 Å². The minimum absolute atomic E-state index is 0.0968. The largest absolute Gasteiger partial charge is 0.324 e. The van der Waals surface area contributed by atoms with E-state index in [2.05, 4.69) is 10.3 Å². The summed E-state index contributed by atoms with van der Waals surface area (Å²) in [4.78, 5) is 16.2. The Kier molecular flexibility index (Phi) is 6.34. The SMILES string of the molecule is CCN(CC)S(=O)(=O)c1ccc(Cl)c(NC(=O)Cc2cscn2)c1. The fraction of sp³-hybridized carbons (Fsp3) is 0.333. The second-order valence-electron chi connectivity index (χ2n) is 4.94. The van der Waals surface area contributed by atoms with Gasteiger partial charge in [0.15, 0.2) is 0 Å². The molecule has 0 fully saturated rings. The van der Waals surface area contributed by atoms with E-state index in [1.165, 1.54) is 33.8 Å². The molecule has 6 nitrogen and oxygen atoms in total. The summed E-state index contributed by atoms with van der Waals surface area (Å²) in [5.74, 6) is -0.305. The molecule has 0 spiro atoms. The lowest BCUT2D eigenvalue weighted by Crippen LogP contribution is -2.30. The van der Waals surface area contributed by atoms with Gasteiger partial charge in [-0.15, -0.1) is 11.3 Å². The first-order valence-electron chi connectivity index (χ1n) is 7.35. The number of hydrogen-bond acceptors (Lipinski definition) is 5. The molecule has 0 aliphatic rings. The van der Waals surface area contributed by atoms with Crippen LogP contribution in [0.2, 0.25) is 5.02 Å². The lowest BCUT2D eigenvalue weighted by Gasteiger charge is -2.19. The Morgan fingerprint density at radius 1 is 1.33 bits per heavy atom. The van der Waals surface area contributed by atoms with Crippen LogP contribution in [0, 0.1) is 0 Å². The molecule has 2 rings (SSSR count). The first kappa shape index (κ1) is 18.9. The Bertz CT molecular complexity index is 803. The van der Waals surface area contributed by atoms with Crippen molar-refractivity contribution in [3.63, 3.8) is 0 Å². The van der Waals surface area contributed by atoms with Crippen molar-refractivity contribution in [2.45, 2.75) is 25.2 Å². The minimum atomic E-state index is -3.61. The van der Waals surface area contributed by atoms with Crippen LogP contribution in [-0.2, 0) is 21.2 Å². The zero-order valence-corrected chi connectivity index (χ0v) is 15.7. The highest BCUT2D eigenvalue weighted by molar-refractivity contribution is 7.89. The van der Waals surface area contributed by atoms with E-state index in [9.17, 15) is 13.2 Å². The van der Waals surface area contributed by atoms with Crippen LogP contribution in [0.25, 0.3) is 0 Å². The van der Waals surface area contributed by atoms with E-state index in [-0.39, 0.29) is 27.9 Å². The molecule has 0 aliphatic carbocycles. The normalized spacial score (nSPS) is 11.7. The van der Waals surface area contributed by atoms with Crippen LogP contribution in [-0.4, -0.2) is 36.7 Å². The summed E-state index contributed by atoms with van der Waals surface area (Å²) >= 11 is 7.49. The van der Waals surface area contributed by atoms with Gasteiger partial charge in [-0.25, -0.2) is 13.4 Å². The lowest BCUT2D eigenvalue weighted by atomic mass is 10.3. The molecule has 9 heteroatoms. The van der Waals surface area contributed by atoms with Crippen molar-refractivity contribution in [1.29, 1.82) is 0 Å². The molecule has 1 aromatic heterocycles. The van der Waals surface area contributed by atoms with E-state index in [1.807, 2.05) is 0 Å². The van der Waals surface area contributed by atoms with Crippen LogP contribution in [0.3, 0.4) is 0 Å². The predicted octanol–water partition coefficient (Wildman–Crippen LogP) is 3.01. The van der Waals surface area contributed by atoms with Gasteiger partial charge in [0, 0.05) is 18.5 Å². The molecule has 1 amide bonds. The van der Waals surface area contributed by atoms with Gasteiger partial charge in [-0.3, -0.25) is 4.79 Å². The quantitative estimate of drug-likeness (QED) is 0.791. The fourth-order valence-electron chi connectivity index (χ4n) is 2.16. The summed E-state index contributed by atoms with van der Waals surface area (Å²) < 4.78 is 26.5. The van der Waals surface area contributed by atoms with Crippen LogP contribution in [0.1, 0.15) is 19.5 Å². The topological polar surface area (TPSA) is 79.4 Å². The van der Waals surface area contributed by atoms with Gasteiger partial charge in [0.1, 0.15) is 0 Å². The molecule has 0 radical (unpaired) electrons. The van der Waals surface area contributed by atoms with E-state index in [1.54, 1.807) is 24.7 Å². The zero-order valence-electron chi connectivity index (χ0n) is 13.3. The number of halogens is 1. The van der Waals surface area contributed by atoms with Crippen LogP contribution >= 0.6 is 22.9 Å². The van der Waals surface area contributed by atoms with E-state index in [0.29, 0.717) is 18.8 Å². The summed E-state index contributed by atoms with van der Waals surface area (Å²) in [6.45, 7) is 4.28. The second-order valence-corrected chi connectivity index (χ2v) is 8.00. The highest BCUT2D eigenvalue weighted by Gasteiger charge is 2.22. The van der Waals surface area contributed by atoms with Gasteiger partial charge < -0.3 is 5.32 Å². The molecular formula is C15H18ClN3O3S2. The Hall–Kier alpha value is -1.48. The monoisotopic (exact) mass is 387 g/mol. The second kappa shape index (κ2) is 8.06. The number of nitrogens with zero attached hydrogens (tertiary/aromatic N) is 2. The summed E-state index contributed by atoms with van der Waals surface area (Å²) in [5.41, 5.74) is 2.57. The van der Waals surface area contributed by atoms with E-state index in [4.69, 9.17) is 11.6 Å². The number of aromatic nitrogens is 1. The standard InChI is InChI=1S/C15H18ClN3O3S2/c1-3-19(4-2)24(21,22)12-5-6-13(16)14(8-12)18-15(20)7-11-9-23-10-17-11/h5-6,8-10H,3-4,7H2,1-2H3,(H,18,20). The Morgan fingerprint density at radius 2 is 2.04 bits per heavy atom. The number of carbonyl (C=O) groups is 1. The molecule has 1 heterocycles. The number of benzene rings is 1. The molecule has 24 heavy (non-hydrogen) atoms. The van der Waals surface area contributed by atoms with Crippen molar-refractivity contribution in [2.75, 3.05) is 18.4 Å². The molecule has 0 bridgehead atoms. The maximum Gasteiger partial charge on any atom is 0.243 e. The van der Waals surface area contributed by atoms with Crippen molar-refractivity contribution in [1.82, 2.24) is 9.29 Å². The van der Waals surface area contributed by atoms with Gasteiger partial charge in [0.05, 0.1) is 33.2 Å². The maximum absolute atomic E-state index is 12.6. The van der Waals surface area contributed by atoms with E-state index < -0.39 is 10.0 Å². The molecule has 0 saturated heterocycles. The smallest absolute Gasteiger partial charge is 0.243 e. The van der Waals surface area contributed by atoms with Gasteiger partial charge in [-0.05, 0) is 18.2 Å². The number of hydrogen-bond donors (Lipinski definition) is 1. The molecule has 130 valence electrons. The Balaban J connectivity index is 2.24. The molecule has 1 aromatic carbocycles. The number of carbonyl (C=O) groups excluding carboxylic acids is 1. The van der Waals surface area contributed by atoms with Crippen molar-refractivity contribution in [2.24, 2.45) is 0 Å². The third-order valence-electron chi connectivity index (χ3n) is 3.38. The van der Waals surface area contributed by atoms with Crippen LogP contribution in [0.4, 0.5) is 5.69 Å². The number of thiazole rings is 1. The highest BCUT2D eigenvalue weighted by Crippen LogP contribution is 2.27. The molecule has 0 aliphatic heterocycles. The first-order chi connectivity index (χ1) is 11.4. The summed E-state index contributed by atoms with van der Waals surface area (Å²) in [5, 5.41) is 4.70. The lowest BCUT2D eigenvalue weighted by molar-refractivity contribution is -0.115. The van der Waals surface area contributed by atoms with Gasteiger partial charge in [-0.1, -0.05) is 25.4 Å². The number of sulfonamides is 1. The third-order valence-corrected chi connectivity index (χ3v) is 6.39. The molecule has 0 atom stereocenters. The Morgan fingerprint density at radius 3 is 2.62 bits per heavy atom. The van der Waals surface area contributed by atoms with E-state index in [0.717, 1.165) is 0 Å². The molecule has 2 aromatic rings. The average Bonchev–Trinajstić information content (AvgIpc) is 3.03. The van der Waals surface area contributed by atoms with Crippen LogP contribution in [0.5, 0.6) is 0 Å². The van der Waals surface area contributed by atoms with Crippen molar-refractivity contribution < 1.29 is 13.2 Å².